The fourth-order valence-electron chi connectivity index (χ4n) is 2.24. The first-order chi connectivity index (χ1) is 9.15. The smallest absolute Gasteiger partial charge is 0.326 e. The highest BCUT2D eigenvalue weighted by molar-refractivity contribution is 5.76. The van der Waals surface area contributed by atoms with E-state index in [0.717, 1.165) is 25.7 Å². The molecule has 0 amide bonds. The molecular weight excluding hydrogens is 246 g/mol. The molecular formula is C13H17N3O3. The number of nitrogens with one attached hydrogen (secondary N) is 1. The average Bonchev–Trinajstić information content (AvgIpc) is 3.25. The largest absolute Gasteiger partial charge is 0.480 e. The summed E-state index contributed by atoms with van der Waals surface area (Å²) in [6.45, 7) is 0. The lowest BCUT2D eigenvalue weighted by molar-refractivity contribution is -0.138. The fourth-order valence-corrected chi connectivity index (χ4v) is 2.24. The number of hydrogen-bond acceptors (Lipinski definition) is 4. The predicted octanol–water partition coefficient (Wildman–Crippen LogP) is 1.24. The van der Waals surface area contributed by atoms with Gasteiger partial charge in [-0.3, -0.25) is 4.79 Å². The fraction of sp³-hybridized carbons (Fsp3) is 0.615. The Bertz CT molecular complexity index is 546. The van der Waals surface area contributed by atoms with Crippen LogP contribution in [0.2, 0.25) is 0 Å². The molecule has 0 spiro atoms. The van der Waals surface area contributed by atoms with Crippen molar-refractivity contribution in [2.24, 2.45) is 5.92 Å². The molecule has 1 aromatic heterocycles. The summed E-state index contributed by atoms with van der Waals surface area (Å²) in [4.78, 5) is 27.4. The van der Waals surface area contributed by atoms with Crippen molar-refractivity contribution in [2.45, 2.75) is 44.2 Å². The van der Waals surface area contributed by atoms with Crippen LogP contribution in [0.1, 0.15) is 38.1 Å². The SMILES string of the molecule is O=C(O)C(CC1CC1)Nc1nccn(C2CC2)c1=O. The van der Waals surface area contributed by atoms with E-state index in [1.807, 2.05) is 0 Å². The van der Waals surface area contributed by atoms with E-state index in [-0.39, 0.29) is 17.4 Å². The summed E-state index contributed by atoms with van der Waals surface area (Å²) in [6, 6.07) is -0.453. The van der Waals surface area contributed by atoms with Crippen molar-refractivity contribution < 1.29 is 9.90 Å². The molecule has 1 aromatic rings. The van der Waals surface area contributed by atoms with Gasteiger partial charge in [0.25, 0.3) is 5.56 Å². The van der Waals surface area contributed by atoms with Crippen LogP contribution in [0.5, 0.6) is 0 Å². The van der Waals surface area contributed by atoms with Crippen LogP contribution in [0, 0.1) is 5.92 Å². The second-order valence-corrected chi connectivity index (χ2v) is 5.43. The van der Waals surface area contributed by atoms with Gasteiger partial charge in [-0.15, -0.1) is 0 Å². The molecule has 102 valence electrons. The standard InChI is InChI=1S/C13H17N3O3/c17-12-11(14-5-6-16(12)9-3-4-9)15-10(13(18)19)7-8-1-2-8/h5-6,8-10H,1-4,7H2,(H,14,15)(H,18,19). The Kier molecular flexibility index (Phi) is 3.00. The number of carboxylic acids is 1. The molecule has 2 fully saturated rings. The van der Waals surface area contributed by atoms with Gasteiger partial charge < -0.3 is 15.0 Å². The Hall–Kier alpha value is -1.85. The van der Waals surface area contributed by atoms with Crippen LogP contribution in [0.3, 0.4) is 0 Å². The summed E-state index contributed by atoms with van der Waals surface area (Å²) >= 11 is 0. The number of anilines is 1. The summed E-state index contributed by atoms with van der Waals surface area (Å²) in [7, 11) is 0. The van der Waals surface area contributed by atoms with E-state index < -0.39 is 12.0 Å². The Balaban J connectivity index is 1.78. The van der Waals surface area contributed by atoms with E-state index in [0.29, 0.717) is 12.3 Å². The van der Waals surface area contributed by atoms with Crippen LogP contribution >= 0.6 is 0 Å². The van der Waals surface area contributed by atoms with Gasteiger partial charge in [0.1, 0.15) is 6.04 Å². The number of aliphatic carboxylic acids is 1. The highest BCUT2D eigenvalue weighted by atomic mass is 16.4. The third-order valence-corrected chi connectivity index (χ3v) is 3.68. The van der Waals surface area contributed by atoms with Crippen molar-refractivity contribution in [1.29, 1.82) is 0 Å². The van der Waals surface area contributed by atoms with E-state index in [4.69, 9.17) is 0 Å². The summed E-state index contributed by atoms with van der Waals surface area (Å²) in [5, 5.41) is 12.0. The Labute approximate surface area is 110 Å². The molecule has 6 nitrogen and oxygen atoms in total. The lowest BCUT2D eigenvalue weighted by atomic mass is 10.1. The van der Waals surface area contributed by atoms with Crippen LogP contribution in [-0.2, 0) is 4.79 Å². The van der Waals surface area contributed by atoms with Crippen LogP contribution in [0.25, 0.3) is 0 Å². The maximum atomic E-state index is 12.2. The molecule has 6 heteroatoms. The Morgan fingerprint density at radius 2 is 2.21 bits per heavy atom. The first-order valence-corrected chi connectivity index (χ1v) is 6.71. The number of hydrogen-bond donors (Lipinski definition) is 2. The molecule has 0 radical (unpaired) electrons. The topological polar surface area (TPSA) is 84.2 Å². The molecule has 3 rings (SSSR count). The van der Waals surface area contributed by atoms with Crippen molar-refractivity contribution in [2.75, 3.05) is 5.32 Å². The summed E-state index contributed by atoms with van der Waals surface area (Å²) in [6.07, 6.45) is 7.97. The monoisotopic (exact) mass is 263 g/mol. The molecule has 2 N–H and O–H groups in total. The first-order valence-electron chi connectivity index (χ1n) is 6.71. The van der Waals surface area contributed by atoms with Gasteiger partial charge in [-0.1, -0.05) is 12.8 Å². The molecule has 19 heavy (non-hydrogen) atoms. The van der Waals surface area contributed by atoms with Crippen LogP contribution < -0.4 is 10.9 Å². The van der Waals surface area contributed by atoms with Gasteiger partial charge in [0.2, 0.25) is 0 Å². The van der Waals surface area contributed by atoms with Crippen molar-refractivity contribution in [3.8, 4) is 0 Å². The zero-order valence-electron chi connectivity index (χ0n) is 10.6. The van der Waals surface area contributed by atoms with Gasteiger partial charge in [-0.05, 0) is 25.2 Å². The summed E-state index contributed by atoms with van der Waals surface area (Å²) < 4.78 is 1.64. The van der Waals surface area contributed by atoms with Crippen molar-refractivity contribution in [1.82, 2.24) is 9.55 Å². The number of carboxylic acid groups (broad SMARTS) is 1. The Morgan fingerprint density at radius 3 is 2.79 bits per heavy atom. The minimum Gasteiger partial charge on any atom is -0.480 e. The van der Waals surface area contributed by atoms with E-state index in [1.54, 1.807) is 17.0 Å². The lowest BCUT2D eigenvalue weighted by Crippen LogP contribution is -2.34. The second-order valence-electron chi connectivity index (χ2n) is 5.43. The zero-order valence-corrected chi connectivity index (χ0v) is 10.6. The highest BCUT2D eigenvalue weighted by Gasteiger charge is 2.31. The van der Waals surface area contributed by atoms with Gasteiger partial charge in [-0.25, -0.2) is 9.78 Å². The van der Waals surface area contributed by atoms with Crippen LogP contribution in [0.4, 0.5) is 5.82 Å². The molecule has 1 unspecified atom stereocenters. The molecule has 2 aliphatic rings. The third-order valence-electron chi connectivity index (χ3n) is 3.68. The molecule has 0 aromatic carbocycles. The van der Waals surface area contributed by atoms with Gasteiger partial charge in [0, 0.05) is 18.4 Å². The van der Waals surface area contributed by atoms with Gasteiger partial charge >= 0.3 is 5.97 Å². The maximum absolute atomic E-state index is 12.2. The minimum atomic E-state index is -0.921. The first kappa shape index (κ1) is 12.2. The van der Waals surface area contributed by atoms with Crippen molar-refractivity contribution in [3.63, 3.8) is 0 Å². The normalized spacial score (nSPS) is 20.0. The molecule has 0 bridgehead atoms. The third kappa shape index (κ3) is 2.77. The second kappa shape index (κ2) is 4.68. The summed E-state index contributed by atoms with van der Waals surface area (Å²) in [5.41, 5.74) is -0.216. The van der Waals surface area contributed by atoms with Crippen molar-refractivity contribution in [3.05, 3.63) is 22.7 Å². The van der Waals surface area contributed by atoms with Gasteiger partial charge in [0.05, 0.1) is 0 Å². The molecule has 2 saturated carbocycles. The maximum Gasteiger partial charge on any atom is 0.326 e. The molecule has 0 saturated heterocycles. The number of nitrogens with zero attached hydrogens (tertiary/aromatic N) is 2. The van der Waals surface area contributed by atoms with E-state index in [9.17, 15) is 14.7 Å². The van der Waals surface area contributed by atoms with E-state index >= 15 is 0 Å². The molecule has 1 atom stereocenters. The molecule has 2 aliphatic carbocycles. The van der Waals surface area contributed by atoms with Gasteiger partial charge in [0.15, 0.2) is 5.82 Å². The van der Waals surface area contributed by atoms with E-state index in [1.165, 1.54) is 0 Å². The number of aromatic nitrogens is 2. The molecule has 0 aliphatic heterocycles. The number of carbonyl (C=O) groups is 1. The van der Waals surface area contributed by atoms with Crippen LogP contribution in [-0.4, -0.2) is 26.7 Å². The van der Waals surface area contributed by atoms with Crippen molar-refractivity contribution >= 4 is 11.8 Å². The van der Waals surface area contributed by atoms with Crippen LogP contribution in [0.15, 0.2) is 17.2 Å². The lowest BCUT2D eigenvalue weighted by Gasteiger charge is -2.15. The highest BCUT2D eigenvalue weighted by Crippen LogP contribution is 2.34. The minimum absolute atomic E-state index is 0.155. The predicted molar refractivity (Wildman–Crippen MR) is 69.2 cm³/mol. The quantitative estimate of drug-likeness (QED) is 0.806. The van der Waals surface area contributed by atoms with E-state index in [2.05, 4.69) is 10.3 Å². The zero-order chi connectivity index (χ0) is 13.4. The number of rotatable bonds is 6. The molecule has 1 heterocycles. The summed E-state index contributed by atoms with van der Waals surface area (Å²) in [5.74, 6) is -0.291. The Morgan fingerprint density at radius 1 is 1.47 bits per heavy atom. The average molecular weight is 263 g/mol. The van der Waals surface area contributed by atoms with Gasteiger partial charge in [-0.2, -0.15) is 0 Å².